The highest BCUT2D eigenvalue weighted by Crippen LogP contribution is 2.29. The molecule has 18 heavy (non-hydrogen) atoms. The molecule has 1 saturated heterocycles. The van der Waals surface area contributed by atoms with Gasteiger partial charge in [0.1, 0.15) is 0 Å². The fourth-order valence-electron chi connectivity index (χ4n) is 3.63. The first-order valence-corrected chi connectivity index (χ1v) is 7.75. The summed E-state index contributed by atoms with van der Waals surface area (Å²) in [5.74, 6) is 0.792. The zero-order valence-corrected chi connectivity index (χ0v) is 12.3. The smallest absolute Gasteiger partial charge is 0.0586 e. The van der Waals surface area contributed by atoms with Crippen molar-refractivity contribution < 1.29 is 4.74 Å². The molecular weight excluding hydrogens is 224 g/mol. The monoisotopic (exact) mass is 254 g/mol. The maximum Gasteiger partial charge on any atom is 0.0586 e. The minimum atomic E-state index is 0.496. The van der Waals surface area contributed by atoms with Crippen LogP contribution >= 0.6 is 0 Å². The van der Waals surface area contributed by atoms with Gasteiger partial charge in [0.2, 0.25) is 0 Å². The number of ether oxygens (including phenoxy) is 1. The van der Waals surface area contributed by atoms with E-state index in [2.05, 4.69) is 24.1 Å². The van der Waals surface area contributed by atoms with Gasteiger partial charge in [0, 0.05) is 38.8 Å². The van der Waals surface area contributed by atoms with Crippen molar-refractivity contribution in [3.63, 3.8) is 0 Å². The topological polar surface area (TPSA) is 24.5 Å². The van der Waals surface area contributed by atoms with Gasteiger partial charge in [-0.1, -0.05) is 20.3 Å². The Bertz CT molecular complexity index is 247. The zero-order valence-electron chi connectivity index (χ0n) is 12.3. The molecule has 3 nitrogen and oxygen atoms in total. The van der Waals surface area contributed by atoms with E-state index >= 15 is 0 Å². The molecule has 2 fully saturated rings. The van der Waals surface area contributed by atoms with E-state index < -0.39 is 0 Å². The molecule has 4 unspecified atom stereocenters. The van der Waals surface area contributed by atoms with E-state index in [9.17, 15) is 0 Å². The van der Waals surface area contributed by atoms with Crippen molar-refractivity contribution in [3.8, 4) is 0 Å². The van der Waals surface area contributed by atoms with E-state index in [1.54, 1.807) is 0 Å². The predicted molar refractivity (Wildman–Crippen MR) is 75.9 cm³/mol. The van der Waals surface area contributed by atoms with Crippen LogP contribution in [0.5, 0.6) is 0 Å². The molecule has 3 heteroatoms. The van der Waals surface area contributed by atoms with Crippen molar-refractivity contribution in [3.05, 3.63) is 0 Å². The molecule has 1 N–H and O–H groups in total. The third-order valence-electron chi connectivity index (χ3n) is 5.03. The average molecular weight is 254 g/mol. The van der Waals surface area contributed by atoms with Crippen molar-refractivity contribution >= 4 is 0 Å². The van der Waals surface area contributed by atoms with Crippen molar-refractivity contribution in [1.82, 2.24) is 10.2 Å². The highest BCUT2D eigenvalue weighted by molar-refractivity contribution is 4.90. The van der Waals surface area contributed by atoms with Crippen LogP contribution in [-0.2, 0) is 4.74 Å². The number of hydrogen-bond acceptors (Lipinski definition) is 3. The van der Waals surface area contributed by atoms with E-state index in [0.29, 0.717) is 6.10 Å². The minimum absolute atomic E-state index is 0.496. The molecule has 2 rings (SSSR count). The lowest BCUT2D eigenvalue weighted by Crippen LogP contribution is -2.58. The van der Waals surface area contributed by atoms with Gasteiger partial charge in [-0.25, -0.2) is 0 Å². The molecule has 0 spiro atoms. The van der Waals surface area contributed by atoms with Crippen molar-refractivity contribution in [2.45, 2.75) is 64.1 Å². The van der Waals surface area contributed by atoms with Crippen LogP contribution in [0.2, 0.25) is 0 Å². The standard InChI is InChI=1S/C15H30N2O/c1-4-12(2)15-11-16-8-9-17(15)13-6-5-7-14(10-13)18-3/h12-16H,4-11H2,1-3H3. The predicted octanol–water partition coefficient (Wildman–Crippen LogP) is 2.26. The fourth-order valence-corrected chi connectivity index (χ4v) is 3.63. The molecule has 1 saturated carbocycles. The quantitative estimate of drug-likeness (QED) is 0.833. The van der Waals surface area contributed by atoms with Gasteiger partial charge < -0.3 is 10.1 Å². The molecule has 0 aromatic carbocycles. The lowest BCUT2D eigenvalue weighted by molar-refractivity contribution is -0.00354. The lowest BCUT2D eigenvalue weighted by Gasteiger charge is -2.46. The highest BCUT2D eigenvalue weighted by Gasteiger charge is 2.34. The Morgan fingerprint density at radius 1 is 1.39 bits per heavy atom. The molecule has 0 bridgehead atoms. The third-order valence-corrected chi connectivity index (χ3v) is 5.03. The number of methoxy groups -OCH3 is 1. The molecule has 2 aliphatic rings. The Kier molecular flexibility index (Phi) is 5.46. The van der Waals surface area contributed by atoms with Gasteiger partial charge in [0.25, 0.3) is 0 Å². The Hall–Kier alpha value is -0.120. The van der Waals surface area contributed by atoms with Crippen LogP contribution in [-0.4, -0.2) is 49.8 Å². The van der Waals surface area contributed by atoms with E-state index in [1.807, 2.05) is 7.11 Å². The highest BCUT2D eigenvalue weighted by atomic mass is 16.5. The van der Waals surface area contributed by atoms with Gasteiger partial charge in [0.15, 0.2) is 0 Å². The molecule has 1 heterocycles. The van der Waals surface area contributed by atoms with E-state index in [4.69, 9.17) is 4.74 Å². The Labute approximate surface area is 112 Å². The third kappa shape index (κ3) is 3.25. The molecule has 4 atom stereocenters. The number of nitrogens with zero attached hydrogens (tertiary/aromatic N) is 1. The van der Waals surface area contributed by atoms with E-state index in [1.165, 1.54) is 45.2 Å². The molecule has 0 aromatic heterocycles. The Morgan fingerprint density at radius 3 is 2.94 bits per heavy atom. The second-order valence-electron chi connectivity index (χ2n) is 6.07. The molecular formula is C15H30N2O. The van der Waals surface area contributed by atoms with Crippen molar-refractivity contribution in [1.29, 1.82) is 0 Å². The van der Waals surface area contributed by atoms with Gasteiger partial charge >= 0.3 is 0 Å². The van der Waals surface area contributed by atoms with Gasteiger partial charge in [-0.3, -0.25) is 4.90 Å². The largest absolute Gasteiger partial charge is 0.381 e. The van der Waals surface area contributed by atoms with E-state index in [-0.39, 0.29) is 0 Å². The molecule has 0 amide bonds. The van der Waals surface area contributed by atoms with Crippen LogP contribution in [0.15, 0.2) is 0 Å². The van der Waals surface area contributed by atoms with Crippen LogP contribution in [0.3, 0.4) is 0 Å². The second kappa shape index (κ2) is 6.88. The second-order valence-corrected chi connectivity index (χ2v) is 6.07. The summed E-state index contributed by atoms with van der Waals surface area (Å²) in [7, 11) is 1.87. The summed E-state index contributed by atoms with van der Waals surface area (Å²) in [4.78, 5) is 2.79. The molecule has 1 aliphatic carbocycles. The van der Waals surface area contributed by atoms with Crippen molar-refractivity contribution in [2.24, 2.45) is 5.92 Å². The summed E-state index contributed by atoms with van der Waals surface area (Å²) in [6.07, 6.45) is 6.98. The van der Waals surface area contributed by atoms with Crippen LogP contribution in [0.4, 0.5) is 0 Å². The maximum absolute atomic E-state index is 5.59. The molecule has 0 aromatic rings. The Balaban J connectivity index is 1.99. The van der Waals surface area contributed by atoms with E-state index in [0.717, 1.165) is 24.5 Å². The molecule has 0 radical (unpaired) electrons. The summed E-state index contributed by atoms with van der Waals surface area (Å²) in [5, 5.41) is 3.57. The summed E-state index contributed by atoms with van der Waals surface area (Å²) in [6, 6.07) is 1.48. The van der Waals surface area contributed by atoms with Gasteiger partial charge in [-0.15, -0.1) is 0 Å². The number of piperazine rings is 1. The first-order valence-electron chi connectivity index (χ1n) is 7.75. The average Bonchev–Trinajstić information content (AvgIpc) is 2.46. The first-order chi connectivity index (χ1) is 8.76. The SMILES string of the molecule is CCC(C)C1CNCCN1C1CCCC(OC)C1. The zero-order chi connectivity index (χ0) is 13.0. The minimum Gasteiger partial charge on any atom is -0.381 e. The first kappa shape index (κ1) is 14.3. The van der Waals surface area contributed by atoms with Crippen LogP contribution in [0, 0.1) is 5.92 Å². The molecule has 106 valence electrons. The summed E-state index contributed by atoms with van der Waals surface area (Å²) in [5.41, 5.74) is 0. The molecule has 1 aliphatic heterocycles. The van der Waals surface area contributed by atoms with Crippen LogP contribution in [0.1, 0.15) is 46.0 Å². The van der Waals surface area contributed by atoms with Crippen LogP contribution < -0.4 is 5.32 Å². The Morgan fingerprint density at radius 2 is 2.22 bits per heavy atom. The lowest BCUT2D eigenvalue weighted by atomic mass is 9.87. The number of rotatable bonds is 4. The van der Waals surface area contributed by atoms with Gasteiger partial charge in [-0.2, -0.15) is 0 Å². The summed E-state index contributed by atoms with van der Waals surface area (Å²) >= 11 is 0. The van der Waals surface area contributed by atoms with Gasteiger partial charge in [-0.05, 0) is 31.6 Å². The van der Waals surface area contributed by atoms with Crippen LogP contribution in [0.25, 0.3) is 0 Å². The fraction of sp³-hybridized carbons (Fsp3) is 1.00. The summed E-state index contributed by atoms with van der Waals surface area (Å²) in [6.45, 7) is 8.26. The number of nitrogens with one attached hydrogen (secondary N) is 1. The summed E-state index contributed by atoms with van der Waals surface area (Å²) < 4.78 is 5.59. The maximum atomic E-state index is 5.59. The van der Waals surface area contributed by atoms with Gasteiger partial charge in [0.05, 0.1) is 6.10 Å². The van der Waals surface area contributed by atoms with Crippen molar-refractivity contribution in [2.75, 3.05) is 26.7 Å². The normalized spacial score (nSPS) is 36.5. The number of hydrogen-bond donors (Lipinski definition) is 1.